The Labute approximate surface area is 135 Å². The lowest BCUT2D eigenvalue weighted by Gasteiger charge is -2.27. The van der Waals surface area contributed by atoms with Crippen molar-refractivity contribution in [1.82, 2.24) is 15.0 Å². The van der Waals surface area contributed by atoms with Gasteiger partial charge in [-0.25, -0.2) is 14.4 Å². The summed E-state index contributed by atoms with van der Waals surface area (Å²) >= 11 is 0. The van der Waals surface area contributed by atoms with E-state index in [4.69, 9.17) is 0 Å². The fourth-order valence-corrected chi connectivity index (χ4v) is 2.71. The van der Waals surface area contributed by atoms with E-state index >= 15 is 0 Å². The van der Waals surface area contributed by atoms with Gasteiger partial charge in [0.1, 0.15) is 11.6 Å². The molecule has 4 nitrogen and oxygen atoms in total. The first-order valence-corrected chi connectivity index (χ1v) is 7.75. The molecule has 0 unspecified atom stereocenters. The van der Waals surface area contributed by atoms with Gasteiger partial charge in [0.25, 0.3) is 0 Å². The summed E-state index contributed by atoms with van der Waals surface area (Å²) < 4.78 is 14.1. The summed E-state index contributed by atoms with van der Waals surface area (Å²) in [5.41, 5.74) is 1.12. The lowest BCUT2D eigenvalue weighted by atomic mass is 10.1. The molecule has 0 bridgehead atoms. The van der Waals surface area contributed by atoms with Gasteiger partial charge in [-0.05, 0) is 39.0 Å². The molecular formula is C18H19FN4. The molecule has 3 aromatic rings. The van der Waals surface area contributed by atoms with Gasteiger partial charge in [-0.2, -0.15) is 0 Å². The van der Waals surface area contributed by atoms with Crippen molar-refractivity contribution in [3.05, 3.63) is 48.5 Å². The maximum atomic E-state index is 14.1. The summed E-state index contributed by atoms with van der Waals surface area (Å²) in [5, 5.41) is 0.927. The largest absolute Gasteiger partial charge is 0.354 e. The maximum absolute atomic E-state index is 14.1. The highest BCUT2D eigenvalue weighted by Gasteiger charge is 2.17. The Morgan fingerprint density at radius 2 is 1.91 bits per heavy atom. The average molecular weight is 310 g/mol. The Kier molecular flexibility index (Phi) is 4.19. The zero-order valence-corrected chi connectivity index (χ0v) is 13.5. The molecule has 0 aliphatic rings. The van der Waals surface area contributed by atoms with Gasteiger partial charge in [-0.1, -0.05) is 12.1 Å². The highest BCUT2D eigenvalue weighted by Crippen LogP contribution is 2.29. The van der Waals surface area contributed by atoms with Crippen molar-refractivity contribution in [2.75, 3.05) is 11.4 Å². The summed E-state index contributed by atoms with van der Waals surface area (Å²) in [7, 11) is 0. The van der Waals surface area contributed by atoms with Crippen molar-refractivity contribution >= 4 is 16.7 Å². The van der Waals surface area contributed by atoms with Crippen LogP contribution >= 0.6 is 0 Å². The first-order chi connectivity index (χ1) is 11.1. The lowest BCUT2D eigenvalue weighted by Crippen LogP contribution is -2.31. The van der Waals surface area contributed by atoms with Crippen LogP contribution in [0.3, 0.4) is 0 Å². The third kappa shape index (κ3) is 2.86. The molecule has 118 valence electrons. The molecule has 0 fully saturated rings. The second-order valence-corrected chi connectivity index (χ2v) is 5.62. The van der Waals surface area contributed by atoms with Crippen LogP contribution in [0.5, 0.6) is 0 Å². The van der Waals surface area contributed by atoms with Crippen LogP contribution in [0.15, 0.2) is 42.7 Å². The van der Waals surface area contributed by atoms with Gasteiger partial charge < -0.3 is 4.90 Å². The summed E-state index contributed by atoms with van der Waals surface area (Å²) in [4.78, 5) is 15.5. The molecule has 0 saturated carbocycles. The van der Waals surface area contributed by atoms with Crippen molar-refractivity contribution in [3.63, 3.8) is 0 Å². The molecule has 0 atom stereocenters. The minimum atomic E-state index is -0.325. The molecule has 0 aliphatic carbocycles. The monoisotopic (exact) mass is 310 g/mol. The van der Waals surface area contributed by atoms with Crippen LogP contribution in [0, 0.1) is 5.82 Å². The molecule has 0 amide bonds. The van der Waals surface area contributed by atoms with Gasteiger partial charge in [-0.15, -0.1) is 0 Å². The second-order valence-electron chi connectivity index (χ2n) is 5.62. The summed E-state index contributed by atoms with van der Waals surface area (Å²) in [6.45, 7) is 7.11. The van der Waals surface area contributed by atoms with Crippen LogP contribution in [0.2, 0.25) is 0 Å². The van der Waals surface area contributed by atoms with E-state index in [0.717, 1.165) is 23.3 Å². The number of hydrogen-bond donors (Lipinski definition) is 0. The van der Waals surface area contributed by atoms with E-state index in [0.29, 0.717) is 11.4 Å². The van der Waals surface area contributed by atoms with Crippen LogP contribution < -0.4 is 4.90 Å². The molecule has 2 heterocycles. The number of anilines is 1. The number of halogens is 1. The Balaban J connectivity index is 2.28. The topological polar surface area (TPSA) is 41.9 Å². The van der Waals surface area contributed by atoms with Crippen LogP contribution in [-0.2, 0) is 0 Å². The predicted molar refractivity (Wildman–Crippen MR) is 90.9 cm³/mol. The zero-order valence-electron chi connectivity index (χ0n) is 13.5. The smallest absolute Gasteiger partial charge is 0.165 e. The van der Waals surface area contributed by atoms with E-state index < -0.39 is 0 Å². The number of benzene rings is 1. The summed E-state index contributed by atoms with van der Waals surface area (Å²) in [6.07, 6.45) is 3.42. The van der Waals surface area contributed by atoms with Gasteiger partial charge >= 0.3 is 0 Å². The number of fused-ring (bicyclic) bond motifs is 1. The van der Waals surface area contributed by atoms with Gasteiger partial charge in [0.2, 0.25) is 0 Å². The molecule has 0 saturated heterocycles. The predicted octanol–water partition coefficient (Wildman–Crippen LogP) is 4.07. The first-order valence-electron chi connectivity index (χ1n) is 7.75. The molecular weight excluding hydrogens is 291 g/mol. The highest BCUT2D eigenvalue weighted by molar-refractivity contribution is 5.90. The Morgan fingerprint density at radius 3 is 2.61 bits per heavy atom. The molecule has 23 heavy (non-hydrogen) atoms. The van der Waals surface area contributed by atoms with E-state index in [1.165, 1.54) is 6.07 Å². The SMILES string of the molecule is CCN(c1nc(-c2ccccc2F)nc2cnccc12)C(C)C. The molecule has 0 aliphatic heterocycles. The van der Waals surface area contributed by atoms with Gasteiger partial charge in [0.05, 0.1) is 17.3 Å². The van der Waals surface area contributed by atoms with E-state index in [-0.39, 0.29) is 11.9 Å². The Morgan fingerprint density at radius 1 is 1.13 bits per heavy atom. The van der Waals surface area contributed by atoms with Crippen molar-refractivity contribution in [3.8, 4) is 11.4 Å². The lowest BCUT2D eigenvalue weighted by molar-refractivity contribution is 0.630. The Hall–Kier alpha value is -2.56. The van der Waals surface area contributed by atoms with Gasteiger partial charge in [0, 0.05) is 24.2 Å². The van der Waals surface area contributed by atoms with Crippen molar-refractivity contribution in [2.45, 2.75) is 26.8 Å². The normalized spacial score (nSPS) is 11.2. The van der Waals surface area contributed by atoms with E-state index in [9.17, 15) is 4.39 Å². The van der Waals surface area contributed by atoms with Crippen LogP contribution in [-0.4, -0.2) is 27.5 Å². The molecule has 5 heteroatoms. The molecule has 0 spiro atoms. The maximum Gasteiger partial charge on any atom is 0.165 e. The van der Waals surface area contributed by atoms with Gasteiger partial charge in [-0.3, -0.25) is 4.98 Å². The van der Waals surface area contributed by atoms with Crippen molar-refractivity contribution in [2.24, 2.45) is 0 Å². The minimum absolute atomic E-state index is 0.278. The van der Waals surface area contributed by atoms with E-state index in [2.05, 4.69) is 40.6 Å². The Bertz CT molecular complexity index is 832. The molecule has 0 N–H and O–H groups in total. The molecule has 2 aromatic heterocycles. The fraction of sp³-hybridized carbons (Fsp3) is 0.278. The quantitative estimate of drug-likeness (QED) is 0.728. The average Bonchev–Trinajstić information content (AvgIpc) is 2.55. The first kappa shape index (κ1) is 15.3. The molecule has 1 aromatic carbocycles. The summed E-state index contributed by atoms with van der Waals surface area (Å²) in [6, 6.07) is 8.75. The third-order valence-corrected chi connectivity index (χ3v) is 3.83. The minimum Gasteiger partial charge on any atom is -0.354 e. The van der Waals surface area contributed by atoms with Crippen LogP contribution in [0.4, 0.5) is 10.2 Å². The molecule has 0 radical (unpaired) electrons. The standard InChI is InChI=1S/C18H19FN4/c1-4-23(12(2)3)18-14-9-10-20-11-16(14)21-17(22-18)13-7-5-6-8-15(13)19/h5-12H,4H2,1-3H3. The van der Waals surface area contributed by atoms with Gasteiger partial charge in [0.15, 0.2) is 5.82 Å². The second kappa shape index (κ2) is 6.28. The number of hydrogen-bond acceptors (Lipinski definition) is 4. The van der Waals surface area contributed by atoms with Crippen molar-refractivity contribution < 1.29 is 4.39 Å². The van der Waals surface area contributed by atoms with Crippen LogP contribution in [0.1, 0.15) is 20.8 Å². The number of rotatable bonds is 4. The van der Waals surface area contributed by atoms with E-state index in [1.54, 1.807) is 30.6 Å². The van der Waals surface area contributed by atoms with E-state index in [1.807, 2.05) is 6.07 Å². The number of nitrogens with zero attached hydrogens (tertiary/aromatic N) is 4. The van der Waals surface area contributed by atoms with Crippen molar-refractivity contribution in [1.29, 1.82) is 0 Å². The zero-order chi connectivity index (χ0) is 16.4. The third-order valence-electron chi connectivity index (χ3n) is 3.83. The number of aromatic nitrogens is 3. The van der Waals surface area contributed by atoms with Crippen LogP contribution in [0.25, 0.3) is 22.3 Å². The highest BCUT2D eigenvalue weighted by atomic mass is 19.1. The summed E-state index contributed by atoms with van der Waals surface area (Å²) in [5.74, 6) is 0.875. The fourth-order valence-electron chi connectivity index (χ4n) is 2.71. The molecule has 3 rings (SSSR count). The number of pyridine rings is 1.